The first kappa shape index (κ1) is 15.5. The Morgan fingerprint density at radius 3 is 2.62 bits per heavy atom. The van der Waals surface area contributed by atoms with Crippen molar-refractivity contribution in [2.75, 3.05) is 6.61 Å². The van der Waals surface area contributed by atoms with Crippen LogP contribution in [0.25, 0.3) is 10.8 Å². The molecule has 0 radical (unpaired) electrons. The molecule has 2 nitrogen and oxygen atoms in total. The molecule has 0 N–H and O–H groups in total. The molecule has 0 aliphatic rings. The third-order valence-corrected chi connectivity index (χ3v) is 3.78. The van der Waals surface area contributed by atoms with Gasteiger partial charge < -0.3 is 4.74 Å². The molecule has 2 aromatic carbocycles. The number of ether oxygens (including phenoxy) is 1. The quantitative estimate of drug-likeness (QED) is 0.639. The molecule has 2 aromatic rings. The van der Waals surface area contributed by atoms with Gasteiger partial charge in [-0.05, 0) is 29.7 Å². The Kier molecular flexibility index (Phi) is 5.78. The van der Waals surface area contributed by atoms with Crippen molar-refractivity contribution < 1.29 is 4.74 Å². The Labute approximate surface area is 127 Å². The van der Waals surface area contributed by atoms with Gasteiger partial charge >= 0.3 is 0 Å². The van der Waals surface area contributed by atoms with Gasteiger partial charge in [-0.25, -0.2) is 0 Å². The summed E-state index contributed by atoms with van der Waals surface area (Å²) in [6.45, 7) is 5.08. The van der Waals surface area contributed by atoms with E-state index in [2.05, 4.69) is 32.0 Å². The highest BCUT2D eigenvalue weighted by Gasteiger charge is 2.18. The van der Waals surface area contributed by atoms with Gasteiger partial charge in [0.25, 0.3) is 0 Å². The van der Waals surface area contributed by atoms with Crippen molar-refractivity contribution in [3.8, 4) is 6.07 Å². The SMILES string of the molecule is CCCCOC(CCC)c1c(C#N)ccc2ccccc12. The fourth-order valence-electron chi connectivity index (χ4n) is 2.68. The largest absolute Gasteiger partial charge is 0.373 e. The van der Waals surface area contributed by atoms with E-state index in [4.69, 9.17) is 4.74 Å². The highest BCUT2D eigenvalue weighted by Crippen LogP contribution is 2.32. The van der Waals surface area contributed by atoms with Gasteiger partial charge in [-0.3, -0.25) is 0 Å². The van der Waals surface area contributed by atoms with E-state index >= 15 is 0 Å². The van der Waals surface area contributed by atoms with E-state index in [0.717, 1.165) is 48.8 Å². The molecule has 110 valence electrons. The van der Waals surface area contributed by atoms with Crippen LogP contribution in [-0.2, 0) is 4.74 Å². The minimum Gasteiger partial charge on any atom is -0.373 e. The van der Waals surface area contributed by atoms with Crippen LogP contribution in [0.1, 0.15) is 56.8 Å². The van der Waals surface area contributed by atoms with Crippen molar-refractivity contribution in [2.45, 2.75) is 45.6 Å². The van der Waals surface area contributed by atoms with Crippen LogP contribution >= 0.6 is 0 Å². The van der Waals surface area contributed by atoms with Gasteiger partial charge in [0.2, 0.25) is 0 Å². The Morgan fingerprint density at radius 1 is 1.10 bits per heavy atom. The fourth-order valence-corrected chi connectivity index (χ4v) is 2.68. The van der Waals surface area contributed by atoms with Crippen LogP contribution in [0.4, 0.5) is 0 Å². The summed E-state index contributed by atoms with van der Waals surface area (Å²) in [6.07, 6.45) is 4.20. The van der Waals surface area contributed by atoms with Crippen molar-refractivity contribution in [1.29, 1.82) is 5.26 Å². The maximum absolute atomic E-state index is 9.46. The first-order valence-corrected chi connectivity index (χ1v) is 7.85. The molecule has 0 bridgehead atoms. The summed E-state index contributed by atoms with van der Waals surface area (Å²) in [6, 6.07) is 14.5. The third-order valence-electron chi connectivity index (χ3n) is 3.78. The molecule has 2 rings (SSSR count). The number of unbranched alkanes of at least 4 members (excludes halogenated alkanes) is 1. The second-order valence-corrected chi connectivity index (χ2v) is 5.36. The number of nitriles is 1. The second-order valence-electron chi connectivity index (χ2n) is 5.36. The molecular formula is C19H23NO. The normalized spacial score (nSPS) is 12.2. The molecule has 0 spiro atoms. The Bertz CT molecular complexity index is 627. The summed E-state index contributed by atoms with van der Waals surface area (Å²) in [5.41, 5.74) is 1.80. The first-order chi connectivity index (χ1) is 10.3. The van der Waals surface area contributed by atoms with Gasteiger partial charge in [0.15, 0.2) is 0 Å². The number of hydrogen-bond acceptors (Lipinski definition) is 2. The van der Waals surface area contributed by atoms with Crippen molar-refractivity contribution in [2.24, 2.45) is 0 Å². The summed E-state index contributed by atoms with van der Waals surface area (Å²) in [5, 5.41) is 11.8. The summed E-state index contributed by atoms with van der Waals surface area (Å²) in [5.74, 6) is 0. The zero-order valence-corrected chi connectivity index (χ0v) is 12.9. The number of rotatable bonds is 7. The van der Waals surface area contributed by atoms with E-state index in [1.165, 1.54) is 5.39 Å². The maximum Gasteiger partial charge on any atom is 0.0995 e. The molecule has 0 saturated heterocycles. The molecule has 0 aliphatic heterocycles. The Balaban J connectivity index is 2.46. The van der Waals surface area contributed by atoms with Gasteiger partial charge in [-0.2, -0.15) is 5.26 Å². The van der Waals surface area contributed by atoms with Crippen LogP contribution in [0.3, 0.4) is 0 Å². The second kappa shape index (κ2) is 7.81. The van der Waals surface area contributed by atoms with Crippen molar-refractivity contribution in [3.05, 3.63) is 47.5 Å². The summed E-state index contributed by atoms with van der Waals surface area (Å²) in [4.78, 5) is 0. The zero-order valence-electron chi connectivity index (χ0n) is 12.9. The molecule has 0 aromatic heterocycles. The molecular weight excluding hydrogens is 258 g/mol. The standard InChI is InChI=1S/C19H23NO/c1-3-5-13-21-18(8-4-2)19-16(14-20)12-11-15-9-6-7-10-17(15)19/h6-7,9-12,18H,3-5,8,13H2,1-2H3. The van der Waals surface area contributed by atoms with E-state index in [1.54, 1.807) is 0 Å². The molecule has 0 fully saturated rings. The first-order valence-electron chi connectivity index (χ1n) is 7.85. The van der Waals surface area contributed by atoms with Crippen molar-refractivity contribution in [1.82, 2.24) is 0 Å². The van der Waals surface area contributed by atoms with Crippen molar-refractivity contribution >= 4 is 10.8 Å². The number of hydrogen-bond donors (Lipinski definition) is 0. The van der Waals surface area contributed by atoms with Crippen LogP contribution in [0, 0.1) is 11.3 Å². The smallest absolute Gasteiger partial charge is 0.0995 e. The van der Waals surface area contributed by atoms with Crippen molar-refractivity contribution in [3.63, 3.8) is 0 Å². The number of nitrogens with zero attached hydrogens (tertiary/aromatic N) is 1. The molecule has 0 saturated carbocycles. The molecule has 21 heavy (non-hydrogen) atoms. The monoisotopic (exact) mass is 281 g/mol. The van der Waals surface area contributed by atoms with Gasteiger partial charge in [-0.15, -0.1) is 0 Å². The van der Waals surface area contributed by atoms with Crippen LogP contribution in [0.15, 0.2) is 36.4 Å². The molecule has 0 aliphatic carbocycles. The number of benzene rings is 2. The van der Waals surface area contributed by atoms with E-state index in [-0.39, 0.29) is 6.10 Å². The van der Waals surface area contributed by atoms with Gasteiger partial charge in [0.05, 0.1) is 17.7 Å². The average Bonchev–Trinajstić information content (AvgIpc) is 2.53. The molecule has 1 unspecified atom stereocenters. The minimum atomic E-state index is 0.0160. The van der Waals surface area contributed by atoms with Gasteiger partial charge in [0, 0.05) is 12.2 Å². The lowest BCUT2D eigenvalue weighted by Crippen LogP contribution is -2.08. The van der Waals surface area contributed by atoms with E-state index < -0.39 is 0 Å². The zero-order chi connectivity index (χ0) is 15.1. The van der Waals surface area contributed by atoms with Crippen LogP contribution in [0.5, 0.6) is 0 Å². The minimum absolute atomic E-state index is 0.0160. The third kappa shape index (κ3) is 3.62. The van der Waals surface area contributed by atoms with Crippen LogP contribution in [-0.4, -0.2) is 6.61 Å². The fraction of sp³-hybridized carbons (Fsp3) is 0.421. The van der Waals surface area contributed by atoms with E-state index in [1.807, 2.05) is 24.3 Å². The Morgan fingerprint density at radius 2 is 1.90 bits per heavy atom. The molecule has 1 atom stereocenters. The maximum atomic E-state index is 9.46. The highest BCUT2D eigenvalue weighted by atomic mass is 16.5. The average molecular weight is 281 g/mol. The predicted octanol–water partition coefficient (Wildman–Crippen LogP) is 5.37. The Hall–Kier alpha value is -1.85. The van der Waals surface area contributed by atoms with Crippen LogP contribution in [0.2, 0.25) is 0 Å². The lowest BCUT2D eigenvalue weighted by Gasteiger charge is -2.21. The van der Waals surface area contributed by atoms with E-state index in [0.29, 0.717) is 0 Å². The van der Waals surface area contributed by atoms with Gasteiger partial charge in [-0.1, -0.05) is 57.0 Å². The lowest BCUT2D eigenvalue weighted by molar-refractivity contribution is 0.0450. The van der Waals surface area contributed by atoms with E-state index in [9.17, 15) is 5.26 Å². The summed E-state index contributed by atoms with van der Waals surface area (Å²) in [7, 11) is 0. The molecule has 2 heteroatoms. The highest BCUT2D eigenvalue weighted by molar-refractivity contribution is 5.88. The number of fused-ring (bicyclic) bond motifs is 1. The summed E-state index contributed by atoms with van der Waals surface area (Å²) >= 11 is 0. The lowest BCUT2D eigenvalue weighted by atomic mass is 9.93. The molecule has 0 heterocycles. The summed E-state index contributed by atoms with van der Waals surface area (Å²) < 4.78 is 6.11. The molecule has 0 amide bonds. The predicted molar refractivity (Wildman–Crippen MR) is 87.2 cm³/mol. The van der Waals surface area contributed by atoms with Gasteiger partial charge in [0.1, 0.15) is 0 Å². The topological polar surface area (TPSA) is 33.0 Å². The van der Waals surface area contributed by atoms with Crippen LogP contribution < -0.4 is 0 Å².